The van der Waals surface area contributed by atoms with Crippen molar-refractivity contribution in [3.8, 4) is 0 Å². The van der Waals surface area contributed by atoms with Crippen LogP contribution < -0.4 is 5.32 Å². The molecule has 28 heavy (non-hydrogen) atoms. The van der Waals surface area contributed by atoms with E-state index in [0.717, 1.165) is 22.3 Å². The lowest BCUT2D eigenvalue weighted by Gasteiger charge is -2.17. The standard InChI is InChI=1S/C19H19N5O3S/c25-16-7-24(19(27)12-4-11(12)14-5-20-8-21-14)6-15(16)23-18(26)10-1-2-17-13(3-10)22-9-28-17/h1-3,5,8-9,11-12,15-16,25H,4,6-7H2,(H,20,21)(H,23,26)/t11-,12-,15+,16-/m1/s1. The van der Waals surface area contributed by atoms with Gasteiger partial charge in [-0.3, -0.25) is 9.59 Å². The maximum Gasteiger partial charge on any atom is 0.251 e. The largest absolute Gasteiger partial charge is 0.389 e. The Morgan fingerprint density at radius 1 is 1.32 bits per heavy atom. The summed E-state index contributed by atoms with van der Waals surface area (Å²) in [7, 11) is 0. The summed E-state index contributed by atoms with van der Waals surface area (Å²) in [4.78, 5) is 38.3. The summed E-state index contributed by atoms with van der Waals surface area (Å²) in [6.45, 7) is 0.554. The zero-order valence-electron chi connectivity index (χ0n) is 14.9. The lowest BCUT2D eigenvalue weighted by atomic mass is 10.1. The molecular weight excluding hydrogens is 378 g/mol. The number of nitrogens with zero attached hydrogens (tertiary/aromatic N) is 3. The average Bonchev–Trinajstić information content (AvgIpc) is 3.08. The monoisotopic (exact) mass is 397 g/mol. The molecule has 3 N–H and O–H groups in total. The number of amides is 2. The van der Waals surface area contributed by atoms with Gasteiger partial charge in [0.2, 0.25) is 5.91 Å². The van der Waals surface area contributed by atoms with Crippen LogP contribution in [0.2, 0.25) is 0 Å². The fourth-order valence-corrected chi connectivity index (χ4v) is 4.53. The van der Waals surface area contributed by atoms with Crippen LogP contribution in [0, 0.1) is 5.92 Å². The summed E-state index contributed by atoms with van der Waals surface area (Å²) in [5.74, 6) is -0.144. The first-order chi connectivity index (χ1) is 13.6. The normalized spacial score (nSPS) is 26.5. The molecule has 1 saturated carbocycles. The highest BCUT2D eigenvalue weighted by Gasteiger charge is 2.48. The van der Waals surface area contributed by atoms with Crippen LogP contribution in [0.1, 0.15) is 28.4 Å². The SMILES string of the molecule is O=C(N[C@H]1CN(C(=O)[C@@H]2C[C@H]2c2cnc[nH]2)C[C@H]1O)c1ccc2scnc2c1. The molecule has 4 atom stereocenters. The highest BCUT2D eigenvalue weighted by atomic mass is 32.1. The number of aliphatic hydroxyl groups excluding tert-OH is 1. The van der Waals surface area contributed by atoms with Gasteiger partial charge in [0.05, 0.1) is 34.2 Å². The molecule has 2 aliphatic rings. The number of carbonyl (C=O) groups is 2. The molecule has 0 bridgehead atoms. The maximum atomic E-state index is 12.7. The first kappa shape index (κ1) is 17.3. The van der Waals surface area contributed by atoms with Crippen molar-refractivity contribution >= 4 is 33.4 Å². The van der Waals surface area contributed by atoms with Crippen LogP contribution in [0.4, 0.5) is 0 Å². The summed E-state index contributed by atoms with van der Waals surface area (Å²) in [6.07, 6.45) is 3.38. The van der Waals surface area contributed by atoms with Crippen molar-refractivity contribution in [1.29, 1.82) is 0 Å². The number of hydrogen-bond acceptors (Lipinski definition) is 6. The van der Waals surface area contributed by atoms with Gasteiger partial charge in [-0.25, -0.2) is 9.97 Å². The Hall–Kier alpha value is -2.78. The minimum absolute atomic E-state index is 0.0271. The zero-order chi connectivity index (χ0) is 19.3. The third-order valence-electron chi connectivity index (χ3n) is 5.54. The summed E-state index contributed by atoms with van der Waals surface area (Å²) < 4.78 is 1.02. The number of benzene rings is 1. The van der Waals surface area contributed by atoms with Crippen LogP contribution in [-0.4, -0.2) is 62.0 Å². The Morgan fingerprint density at radius 3 is 3.04 bits per heavy atom. The van der Waals surface area contributed by atoms with Crippen LogP contribution in [0.5, 0.6) is 0 Å². The second-order valence-electron chi connectivity index (χ2n) is 7.38. The highest BCUT2D eigenvalue weighted by Crippen LogP contribution is 2.47. The molecule has 9 heteroatoms. The molecule has 1 aliphatic heterocycles. The predicted octanol–water partition coefficient (Wildman–Crippen LogP) is 1.12. The molecule has 3 heterocycles. The number of likely N-dealkylation sites (tertiary alicyclic amines) is 1. The van der Waals surface area contributed by atoms with E-state index in [1.165, 1.54) is 11.3 Å². The molecule has 0 unspecified atom stereocenters. The first-order valence-electron chi connectivity index (χ1n) is 9.19. The van der Waals surface area contributed by atoms with Gasteiger partial charge in [0.25, 0.3) is 5.91 Å². The van der Waals surface area contributed by atoms with Gasteiger partial charge in [-0.1, -0.05) is 0 Å². The van der Waals surface area contributed by atoms with Crippen LogP contribution >= 0.6 is 11.3 Å². The summed E-state index contributed by atoms with van der Waals surface area (Å²) in [5.41, 5.74) is 3.99. The minimum atomic E-state index is -0.778. The van der Waals surface area contributed by atoms with E-state index in [9.17, 15) is 14.7 Å². The van der Waals surface area contributed by atoms with E-state index in [2.05, 4.69) is 20.3 Å². The van der Waals surface area contributed by atoms with Crippen molar-refractivity contribution in [2.75, 3.05) is 13.1 Å². The molecule has 3 aromatic rings. The molecule has 1 aliphatic carbocycles. The lowest BCUT2D eigenvalue weighted by Crippen LogP contribution is -2.43. The number of nitrogens with one attached hydrogen (secondary N) is 2. The fraction of sp³-hybridized carbons (Fsp3) is 0.368. The summed E-state index contributed by atoms with van der Waals surface area (Å²) in [5, 5.41) is 13.2. The van der Waals surface area contributed by atoms with Crippen molar-refractivity contribution in [2.24, 2.45) is 5.92 Å². The topological polar surface area (TPSA) is 111 Å². The molecule has 2 aromatic heterocycles. The predicted molar refractivity (Wildman–Crippen MR) is 103 cm³/mol. The van der Waals surface area contributed by atoms with Gasteiger partial charge in [0, 0.05) is 42.4 Å². The van der Waals surface area contributed by atoms with Crippen LogP contribution in [0.3, 0.4) is 0 Å². The first-order valence-corrected chi connectivity index (χ1v) is 10.1. The zero-order valence-corrected chi connectivity index (χ0v) is 15.7. The number of β-amino-alcohol motifs (C(OH)–C–C–N with tert-alkyl or cyclic N) is 1. The third-order valence-corrected chi connectivity index (χ3v) is 6.35. The van der Waals surface area contributed by atoms with Crippen LogP contribution in [0.15, 0.2) is 36.2 Å². The van der Waals surface area contributed by atoms with Crippen molar-refractivity contribution < 1.29 is 14.7 Å². The number of thiazole rings is 1. The summed E-state index contributed by atoms with van der Waals surface area (Å²) in [6, 6.07) is 4.88. The number of hydrogen-bond donors (Lipinski definition) is 3. The van der Waals surface area contributed by atoms with Gasteiger partial charge in [-0.15, -0.1) is 11.3 Å². The van der Waals surface area contributed by atoms with Crippen molar-refractivity contribution in [3.05, 3.63) is 47.5 Å². The number of aromatic nitrogens is 3. The van der Waals surface area contributed by atoms with Crippen molar-refractivity contribution in [1.82, 2.24) is 25.2 Å². The van der Waals surface area contributed by atoms with Gasteiger partial charge < -0.3 is 20.3 Å². The van der Waals surface area contributed by atoms with E-state index in [4.69, 9.17) is 0 Å². The van der Waals surface area contributed by atoms with Gasteiger partial charge in [0.1, 0.15) is 0 Å². The third kappa shape index (κ3) is 3.06. The minimum Gasteiger partial charge on any atom is -0.389 e. The van der Waals surface area contributed by atoms with E-state index in [1.807, 2.05) is 6.07 Å². The van der Waals surface area contributed by atoms with E-state index in [1.54, 1.807) is 35.1 Å². The van der Waals surface area contributed by atoms with E-state index >= 15 is 0 Å². The second-order valence-corrected chi connectivity index (χ2v) is 8.27. The Bertz CT molecular complexity index is 1030. The highest BCUT2D eigenvalue weighted by molar-refractivity contribution is 7.16. The van der Waals surface area contributed by atoms with Gasteiger partial charge in [0.15, 0.2) is 0 Å². The molecule has 2 fully saturated rings. The van der Waals surface area contributed by atoms with Crippen molar-refractivity contribution in [2.45, 2.75) is 24.5 Å². The lowest BCUT2D eigenvalue weighted by molar-refractivity contribution is -0.132. The smallest absolute Gasteiger partial charge is 0.251 e. The Kier molecular flexibility index (Phi) is 4.13. The number of rotatable bonds is 4. The number of aromatic amines is 1. The average molecular weight is 397 g/mol. The Labute approximate surface area is 164 Å². The fourth-order valence-electron chi connectivity index (χ4n) is 3.87. The summed E-state index contributed by atoms with van der Waals surface area (Å²) >= 11 is 1.52. The number of aliphatic hydroxyl groups is 1. The van der Waals surface area contributed by atoms with E-state index in [0.29, 0.717) is 12.1 Å². The molecular formula is C19H19N5O3S. The molecule has 1 saturated heterocycles. The second kappa shape index (κ2) is 6.68. The van der Waals surface area contributed by atoms with Crippen molar-refractivity contribution in [3.63, 3.8) is 0 Å². The van der Waals surface area contributed by atoms with E-state index < -0.39 is 12.1 Å². The van der Waals surface area contributed by atoms with E-state index in [-0.39, 0.29) is 30.2 Å². The molecule has 2 amide bonds. The number of fused-ring (bicyclic) bond motifs is 1. The van der Waals surface area contributed by atoms with Gasteiger partial charge in [-0.2, -0.15) is 0 Å². The van der Waals surface area contributed by atoms with Gasteiger partial charge in [-0.05, 0) is 24.6 Å². The van der Waals surface area contributed by atoms with Crippen LogP contribution in [-0.2, 0) is 4.79 Å². The Balaban J connectivity index is 1.22. The molecule has 0 radical (unpaired) electrons. The molecule has 144 valence electrons. The molecule has 8 nitrogen and oxygen atoms in total. The van der Waals surface area contributed by atoms with Gasteiger partial charge >= 0.3 is 0 Å². The maximum absolute atomic E-state index is 12.7. The molecule has 0 spiro atoms. The molecule has 5 rings (SSSR count). The van der Waals surface area contributed by atoms with Crippen LogP contribution in [0.25, 0.3) is 10.2 Å². The number of H-pyrrole nitrogens is 1. The molecule has 1 aromatic carbocycles. The number of imidazole rings is 1. The Morgan fingerprint density at radius 2 is 2.21 bits per heavy atom. The quantitative estimate of drug-likeness (QED) is 0.611. The number of carbonyl (C=O) groups excluding carboxylic acids is 2.